The summed E-state index contributed by atoms with van der Waals surface area (Å²) in [4.78, 5) is 8.76. The Labute approximate surface area is 97.1 Å². The van der Waals surface area contributed by atoms with E-state index in [9.17, 15) is 0 Å². The van der Waals surface area contributed by atoms with E-state index in [1.54, 1.807) is 0 Å². The molecular weight excluding hydrogens is 200 g/mol. The van der Waals surface area contributed by atoms with Gasteiger partial charge in [0.15, 0.2) is 0 Å². The molecule has 0 spiro atoms. The molecule has 2 N–H and O–H groups in total. The minimum absolute atomic E-state index is 0.581. The molecule has 4 nitrogen and oxygen atoms in total. The molecule has 1 aliphatic heterocycles. The molecule has 0 aliphatic carbocycles. The van der Waals surface area contributed by atoms with Crippen molar-refractivity contribution in [2.75, 3.05) is 44.4 Å². The lowest BCUT2D eigenvalue weighted by atomic mass is 10.1. The van der Waals surface area contributed by atoms with Crippen LogP contribution in [-0.2, 0) is 0 Å². The van der Waals surface area contributed by atoms with Gasteiger partial charge in [-0.15, -0.1) is 0 Å². The number of nitrogens with two attached hydrogens (primary N) is 1. The summed E-state index contributed by atoms with van der Waals surface area (Å²) >= 11 is 0. The molecule has 88 valence electrons. The highest BCUT2D eigenvalue weighted by molar-refractivity contribution is 5.47. The van der Waals surface area contributed by atoms with Crippen molar-refractivity contribution in [3.05, 3.63) is 18.3 Å². The Bertz CT molecular complexity index is 335. The molecule has 4 heteroatoms. The van der Waals surface area contributed by atoms with E-state index in [0.29, 0.717) is 5.82 Å². The molecular formula is C12H20N4. The normalized spacial score (nSPS) is 21.2. The molecule has 0 aromatic carbocycles. The summed E-state index contributed by atoms with van der Waals surface area (Å²) in [7, 11) is 4.30. The zero-order valence-electron chi connectivity index (χ0n) is 10.1. The predicted molar refractivity (Wildman–Crippen MR) is 67.5 cm³/mol. The van der Waals surface area contributed by atoms with Gasteiger partial charge in [-0.3, -0.25) is 0 Å². The first-order chi connectivity index (χ1) is 7.65. The lowest BCUT2D eigenvalue weighted by Gasteiger charge is -2.22. The molecule has 0 saturated carbocycles. The summed E-state index contributed by atoms with van der Waals surface area (Å²) in [6, 6.07) is 3.88. The second kappa shape index (κ2) is 4.70. The minimum Gasteiger partial charge on any atom is -0.384 e. The van der Waals surface area contributed by atoms with E-state index in [-0.39, 0.29) is 0 Å². The van der Waals surface area contributed by atoms with Crippen LogP contribution in [-0.4, -0.2) is 43.6 Å². The number of rotatable bonds is 3. The maximum atomic E-state index is 5.57. The lowest BCUT2D eigenvalue weighted by Crippen LogP contribution is -2.27. The van der Waals surface area contributed by atoms with Gasteiger partial charge in [-0.25, -0.2) is 4.98 Å². The fourth-order valence-corrected chi connectivity index (χ4v) is 2.29. The second-order valence-electron chi connectivity index (χ2n) is 4.74. The Morgan fingerprint density at radius 1 is 1.56 bits per heavy atom. The van der Waals surface area contributed by atoms with Crippen LogP contribution in [0, 0.1) is 5.92 Å². The number of nitrogen functional groups attached to an aromatic ring is 1. The zero-order chi connectivity index (χ0) is 11.5. The van der Waals surface area contributed by atoms with E-state index in [2.05, 4.69) is 28.9 Å². The summed E-state index contributed by atoms with van der Waals surface area (Å²) in [5, 5.41) is 0. The quantitative estimate of drug-likeness (QED) is 0.827. The molecule has 0 bridgehead atoms. The van der Waals surface area contributed by atoms with Crippen molar-refractivity contribution >= 4 is 11.5 Å². The van der Waals surface area contributed by atoms with Gasteiger partial charge in [0.25, 0.3) is 0 Å². The molecule has 1 fully saturated rings. The van der Waals surface area contributed by atoms with Gasteiger partial charge in [-0.2, -0.15) is 0 Å². The fraction of sp³-hybridized carbons (Fsp3) is 0.583. The third-order valence-electron chi connectivity index (χ3n) is 3.23. The molecule has 1 aromatic heterocycles. The highest BCUT2D eigenvalue weighted by Crippen LogP contribution is 2.19. The number of anilines is 2. The molecule has 1 unspecified atom stereocenters. The van der Waals surface area contributed by atoms with Gasteiger partial charge in [0.2, 0.25) is 0 Å². The van der Waals surface area contributed by atoms with Crippen molar-refractivity contribution in [2.45, 2.75) is 6.42 Å². The Morgan fingerprint density at radius 2 is 2.38 bits per heavy atom. The first-order valence-electron chi connectivity index (χ1n) is 5.76. The summed E-state index contributed by atoms with van der Waals surface area (Å²) in [5.74, 6) is 1.35. The summed E-state index contributed by atoms with van der Waals surface area (Å²) in [6.45, 7) is 3.52. The lowest BCUT2D eigenvalue weighted by molar-refractivity contribution is 0.396. The molecule has 0 amide bonds. The number of pyridine rings is 1. The number of aromatic nitrogens is 1. The van der Waals surface area contributed by atoms with Crippen molar-refractivity contribution in [1.82, 2.24) is 9.88 Å². The fourth-order valence-electron chi connectivity index (χ4n) is 2.29. The molecule has 1 atom stereocenters. The molecule has 2 heterocycles. The number of likely N-dealkylation sites (tertiary alicyclic amines) is 1. The van der Waals surface area contributed by atoms with Crippen molar-refractivity contribution in [3.63, 3.8) is 0 Å². The van der Waals surface area contributed by atoms with Crippen LogP contribution >= 0.6 is 0 Å². The predicted octanol–water partition coefficient (Wildman–Crippen LogP) is 1.05. The van der Waals surface area contributed by atoms with E-state index in [0.717, 1.165) is 18.2 Å². The van der Waals surface area contributed by atoms with Gasteiger partial charge in [0.1, 0.15) is 5.82 Å². The van der Waals surface area contributed by atoms with Crippen LogP contribution in [0.1, 0.15) is 6.42 Å². The molecule has 1 saturated heterocycles. The smallest absolute Gasteiger partial charge is 0.123 e. The molecule has 0 radical (unpaired) electrons. The van der Waals surface area contributed by atoms with E-state index < -0.39 is 0 Å². The Hall–Kier alpha value is -1.29. The summed E-state index contributed by atoms with van der Waals surface area (Å²) in [6.07, 6.45) is 3.14. The van der Waals surface area contributed by atoms with Gasteiger partial charge in [-0.1, -0.05) is 0 Å². The summed E-state index contributed by atoms with van der Waals surface area (Å²) < 4.78 is 0. The monoisotopic (exact) mass is 220 g/mol. The Balaban J connectivity index is 1.92. The van der Waals surface area contributed by atoms with E-state index in [1.165, 1.54) is 19.5 Å². The highest BCUT2D eigenvalue weighted by Gasteiger charge is 2.20. The largest absolute Gasteiger partial charge is 0.384 e. The molecule has 1 aliphatic rings. The highest BCUT2D eigenvalue weighted by atomic mass is 15.2. The van der Waals surface area contributed by atoms with Gasteiger partial charge >= 0.3 is 0 Å². The summed E-state index contributed by atoms with van der Waals surface area (Å²) in [5.41, 5.74) is 6.71. The average Bonchev–Trinajstić information content (AvgIpc) is 2.65. The van der Waals surface area contributed by atoms with Crippen molar-refractivity contribution in [2.24, 2.45) is 5.92 Å². The van der Waals surface area contributed by atoms with Crippen LogP contribution in [0.3, 0.4) is 0 Å². The van der Waals surface area contributed by atoms with Gasteiger partial charge in [0, 0.05) is 20.1 Å². The number of nitrogens with zero attached hydrogens (tertiary/aromatic N) is 3. The maximum absolute atomic E-state index is 5.57. The zero-order valence-corrected chi connectivity index (χ0v) is 10.1. The van der Waals surface area contributed by atoms with E-state index in [4.69, 9.17) is 5.73 Å². The van der Waals surface area contributed by atoms with Gasteiger partial charge in [0.05, 0.1) is 11.9 Å². The Kier molecular flexibility index (Phi) is 3.29. The SMILES string of the molecule is CN1CCC(CN(C)c2ccc(N)nc2)C1. The van der Waals surface area contributed by atoms with Crippen LogP contribution < -0.4 is 10.6 Å². The number of hydrogen-bond acceptors (Lipinski definition) is 4. The topological polar surface area (TPSA) is 45.4 Å². The molecule has 16 heavy (non-hydrogen) atoms. The average molecular weight is 220 g/mol. The van der Waals surface area contributed by atoms with E-state index in [1.807, 2.05) is 18.3 Å². The van der Waals surface area contributed by atoms with E-state index >= 15 is 0 Å². The Morgan fingerprint density at radius 3 is 2.94 bits per heavy atom. The maximum Gasteiger partial charge on any atom is 0.123 e. The van der Waals surface area contributed by atoms with Crippen LogP contribution in [0.2, 0.25) is 0 Å². The van der Waals surface area contributed by atoms with Crippen molar-refractivity contribution in [1.29, 1.82) is 0 Å². The van der Waals surface area contributed by atoms with Crippen LogP contribution in [0.4, 0.5) is 11.5 Å². The minimum atomic E-state index is 0.581. The van der Waals surface area contributed by atoms with Crippen LogP contribution in [0.25, 0.3) is 0 Å². The van der Waals surface area contributed by atoms with Crippen LogP contribution in [0.15, 0.2) is 18.3 Å². The third-order valence-corrected chi connectivity index (χ3v) is 3.23. The molecule has 1 aromatic rings. The second-order valence-corrected chi connectivity index (χ2v) is 4.74. The standard InChI is InChI=1S/C12H20N4/c1-15-6-5-10(8-15)9-16(2)11-3-4-12(13)14-7-11/h3-4,7,10H,5-6,8-9H2,1-2H3,(H2,13,14). The van der Waals surface area contributed by atoms with Crippen LogP contribution in [0.5, 0.6) is 0 Å². The number of hydrogen-bond donors (Lipinski definition) is 1. The first kappa shape index (κ1) is 11.2. The van der Waals surface area contributed by atoms with Crippen molar-refractivity contribution in [3.8, 4) is 0 Å². The van der Waals surface area contributed by atoms with Gasteiger partial charge in [-0.05, 0) is 38.1 Å². The first-order valence-corrected chi connectivity index (χ1v) is 5.76. The third kappa shape index (κ3) is 2.64. The molecule has 2 rings (SSSR count). The van der Waals surface area contributed by atoms with Gasteiger partial charge < -0.3 is 15.5 Å². The van der Waals surface area contributed by atoms with Crippen molar-refractivity contribution < 1.29 is 0 Å².